The van der Waals surface area contributed by atoms with Crippen molar-refractivity contribution in [3.8, 4) is 11.5 Å². The molecule has 0 aliphatic carbocycles. The molecule has 8 heteroatoms. The summed E-state index contributed by atoms with van der Waals surface area (Å²) in [5.74, 6) is 0.579. The highest BCUT2D eigenvalue weighted by atomic mass is 19.1. The molecular weight excluding hydrogens is 349 g/mol. The average molecular weight is 367 g/mol. The summed E-state index contributed by atoms with van der Waals surface area (Å²) < 4.78 is 18.7. The normalized spacial score (nSPS) is 17.1. The van der Waals surface area contributed by atoms with E-state index >= 15 is 0 Å². The molecular formula is C19H18FN5O2. The fourth-order valence-corrected chi connectivity index (χ4v) is 3.32. The fourth-order valence-electron chi connectivity index (χ4n) is 3.32. The second-order valence-electron chi connectivity index (χ2n) is 6.58. The van der Waals surface area contributed by atoms with Crippen LogP contribution in [0.5, 0.6) is 0 Å². The third-order valence-corrected chi connectivity index (χ3v) is 4.60. The lowest BCUT2D eigenvalue weighted by molar-refractivity contribution is 0.0667. The van der Waals surface area contributed by atoms with Gasteiger partial charge in [0.05, 0.1) is 6.20 Å². The molecule has 1 aliphatic rings. The number of hydrogen-bond donors (Lipinski definition) is 0. The Morgan fingerprint density at radius 2 is 2.26 bits per heavy atom. The number of carbonyl (C=O) groups excluding carboxylic acids is 1. The Morgan fingerprint density at radius 3 is 3.07 bits per heavy atom. The van der Waals surface area contributed by atoms with E-state index < -0.39 is 5.82 Å². The van der Waals surface area contributed by atoms with Crippen LogP contribution in [0.15, 0.2) is 47.4 Å². The van der Waals surface area contributed by atoms with Crippen LogP contribution in [-0.2, 0) is 6.42 Å². The first-order chi connectivity index (χ1) is 13.2. The molecule has 3 aromatic rings. The fraction of sp³-hybridized carbons (Fsp3) is 0.316. The standard InChI is InChI=1S/C19H18FN5O2/c20-15-5-1-4-14(10-15)19(26)25-8-2-3-13(12-25)9-17-23-18(24-27-17)16-11-21-6-7-22-16/h1,4-7,10-11,13H,2-3,8-9,12H2. The third kappa shape index (κ3) is 3.99. The van der Waals surface area contributed by atoms with Crippen LogP contribution in [-0.4, -0.2) is 44.0 Å². The zero-order valence-corrected chi connectivity index (χ0v) is 14.6. The molecule has 4 rings (SSSR count). The summed E-state index contributed by atoms with van der Waals surface area (Å²) in [6.07, 6.45) is 7.17. The van der Waals surface area contributed by atoms with Crippen molar-refractivity contribution in [1.29, 1.82) is 0 Å². The number of halogens is 1. The van der Waals surface area contributed by atoms with Gasteiger partial charge in [0, 0.05) is 37.5 Å². The molecule has 1 aromatic carbocycles. The van der Waals surface area contributed by atoms with E-state index in [0.29, 0.717) is 42.5 Å². The van der Waals surface area contributed by atoms with Gasteiger partial charge in [-0.2, -0.15) is 4.98 Å². The lowest BCUT2D eigenvalue weighted by atomic mass is 9.94. The molecule has 2 aromatic heterocycles. The lowest BCUT2D eigenvalue weighted by Gasteiger charge is -2.32. The largest absolute Gasteiger partial charge is 0.339 e. The zero-order chi connectivity index (χ0) is 18.6. The first kappa shape index (κ1) is 17.3. The van der Waals surface area contributed by atoms with Gasteiger partial charge in [-0.1, -0.05) is 11.2 Å². The van der Waals surface area contributed by atoms with Crippen molar-refractivity contribution >= 4 is 5.91 Å². The van der Waals surface area contributed by atoms with Gasteiger partial charge in [-0.25, -0.2) is 9.37 Å². The molecule has 1 amide bonds. The van der Waals surface area contributed by atoms with E-state index in [0.717, 1.165) is 12.8 Å². The van der Waals surface area contributed by atoms with Gasteiger partial charge in [0.15, 0.2) is 0 Å². The number of carbonyl (C=O) groups is 1. The van der Waals surface area contributed by atoms with Crippen LogP contribution >= 0.6 is 0 Å². The van der Waals surface area contributed by atoms with Gasteiger partial charge in [-0.05, 0) is 37.0 Å². The summed E-state index contributed by atoms with van der Waals surface area (Å²) in [5, 5.41) is 3.95. The van der Waals surface area contributed by atoms with Crippen LogP contribution in [0.4, 0.5) is 4.39 Å². The van der Waals surface area contributed by atoms with Crippen molar-refractivity contribution in [3.63, 3.8) is 0 Å². The first-order valence-electron chi connectivity index (χ1n) is 8.83. The molecule has 1 saturated heterocycles. The summed E-state index contributed by atoms with van der Waals surface area (Å²) >= 11 is 0. The predicted octanol–water partition coefficient (Wildman–Crippen LogP) is 2.76. The lowest BCUT2D eigenvalue weighted by Crippen LogP contribution is -2.40. The van der Waals surface area contributed by atoms with Gasteiger partial charge in [-0.3, -0.25) is 9.78 Å². The van der Waals surface area contributed by atoms with E-state index in [-0.39, 0.29) is 11.8 Å². The SMILES string of the molecule is O=C(c1cccc(F)c1)N1CCCC(Cc2nc(-c3cnccn3)no2)C1. The molecule has 0 bridgehead atoms. The monoisotopic (exact) mass is 367 g/mol. The van der Waals surface area contributed by atoms with Gasteiger partial charge in [0.1, 0.15) is 11.5 Å². The number of benzene rings is 1. The molecule has 0 N–H and O–H groups in total. The maximum absolute atomic E-state index is 13.4. The number of amides is 1. The van der Waals surface area contributed by atoms with Gasteiger partial charge in [0.25, 0.3) is 5.91 Å². The number of rotatable bonds is 4. The molecule has 7 nitrogen and oxygen atoms in total. The third-order valence-electron chi connectivity index (χ3n) is 4.60. The predicted molar refractivity (Wildman–Crippen MR) is 94.1 cm³/mol. The van der Waals surface area contributed by atoms with Crippen LogP contribution in [0.25, 0.3) is 11.5 Å². The van der Waals surface area contributed by atoms with Crippen LogP contribution in [0.2, 0.25) is 0 Å². The molecule has 3 heterocycles. The molecule has 1 aliphatic heterocycles. The van der Waals surface area contributed by atoms with E-state index in [1.807, 2.05) is 0 Å². The van der Waals surface area contributed by atoms with Crippen LogP contribution in [0.3, 0.4) is 0 Å². The molecule has 1 atom stereocenters. The van der Waals surface area contributed by atoms with E-state index in [1.165, 1.54) is 12.1 Å². The van der Waals surface area contributed by atoms with Crippen molar-refractivity contribution in [2.45, 2.75) is 19.3 Å². The molecule has 0 saturated carbocycles. The molecule has 27 heavy (non-hydrogen) atoms. The maximum atomic E-state index is 13.4. The Morgan fingerprint density at radius 1 is 1.33 bits per heavy atom. The molecule has 0 radical (unpaired) electrons. The van der Waals surface area contributed by atoms with E-state index in [1.54, 1.807) is 35.6 Å². The summed E-state index contributed by atoms with van der Waals surface area (Å²) in [4.78, 5) is 26.9. The van der Waals surface area contributed by atoms with Crippen molar-refractivity contribution < 1.29 is 13.7 Å². The topological polar surface area (TPSA) is 85.0 Å². The molecule has 0 spiro atoms. The zero-order valence-electron chi connectivity index (χ0n) is 14.6. The minimum Gasteiger partial charge on any atom is -0.339 e. The smallest absolute Gasteiger partial charge is 0.253 e. The molecule has 1 fully saturated rings. The maximum Gasteiger partial charge on any atom is 0.253 e. The molecule has 138 valence electrons. The summed E-state index contributed by atoms with van der Waals surface area (Å²) in [6.45, 7) is 1.25. The number of piperidine rings is 1. The Kier molecular flexibility index (Phi) is 4.86. The quantitative estimate of drug-likeness (QED) is 0.705. The minimum atomic E-state index is -0.406. The van der Waals surface area contributed by atoms with Gasteiger partial charge >= 0.3 is 0 Å². The number of likely N-dealkylation sites (tertiary alicyclic amines) is 1. The second-order valence-corrected chi connectivity index (χ2v) is 6.58. The van der Waals surface area contributed by atoms with E-state index in [9.17, 15) is 9.18 Å². The first-order valence-corrected chi connectivity index (χ1v) is 8.83. The highest BCUT2D eigenvalue weighted by Gasteiger charge is 2.26. The summed E-state index contributed by atoms with van der Waals surface area (Å²) in [7, 11) is 0. The highest BCUT2D eigenvalue weighted by molar-refractivity contribution is 5.94. The van der Waals surface area contributed by atoms with Crippen molar-refractivity contribution in [3.05, 3.63) is 60.1 Å². The Balaban J connectivity index is 1.42. The second kappa shape index (κ2) is 7.61. The van der Waals surface area contributed by atoms with Crippen LogP contribution in [0.1, 0.15) is 29.1 Å². The van der Waals surface area contributed by atoms with E-state index in [4.69, 9.17) is 4.52 Å². The Hall–Kier alpha value is -3.16. The van der Waals surface area contributed by atoms with Crippen LogP contribution < -0.4 is 0 Å². The van der Waals surface area contributed by atoms with Crippen molar-refractivity contribution in [2.24, 2.45) is 5.92 Å². The average Bonchev–Trinajstić information content (AvgIpc) is 3.17. The van der Waals surface area contributed by atoms with Gasteiger partial charge < -0.3 is 9.42 Å². The summed E-state index contributed by atoms with van der Waals surface area (Å²) in [5.41, 5.74) is 0.928. The van der Waals surface area contributed by atoms with Gasteiger partial charge in [-0.15, -0.1) is 0 Å². The Bertz CT molecular complexity index is 931. The highest BCUT2D eigenvalue weighted by Crippen LogP contribution is 2.23. The summed E-state index contributed by atoms with van der Waals surface area (Å²) in [6, 6.07) is 5.80. The number of hydrogen-bond acceptors (Lipinski definition) is 6. The minimum absolute atomic E-state index is 0.148. The Labute approximate surface area is 155 Å². The van der Waals surface area contributed by atoms with Crippen molar-refractivity contribution in [2.75, 3.05) is 13.1 Å². The van der Waals surface area contributed by atoms with Gasteiger partial charge in [0.2, 0.25) is 11.7 Å². The van der Waals surface area contributed by atoms with E-state index in [2.05, 4.69) is 20.1 Å². The number of aromatic nitrogens is 4. The molecule has 1 unspecified atom stereocenters. The van der Waals surface area contributed by atoms with Crippen LogP contribution in [0, 0.1) is 11.7 Å². The number of nitrogens with zero attached hydrogens (tertiary/aromatic N) is 5. The van der Waals surface area contributed by atoms with Crippen molar-refractivity contribution in [1.82, 2.24) is 25.0 Å².